The smallest absolute Gasteiger partial charge is 0.246 e. The van der Waals surface area contributed by atoms with Crippen LogP contribution in [0.2, 0.25) is 0 Å². The molecule has 27 heavy (non-hydrogen) atoms. The summed E-state index contributed by atoms with van der Waals surface area (Å²) in [6, 6.07) is 7.77. The molecule has 0 fully saturated rings. The SMILES string of the molecule is CC[C@H](C)c1ccc(NC(=O)Cn2nc(C)c(S(=O)(=O)N(C)C)c2C)cc1. The van der Waals surface area contributed by atoms with Crippen molar-refractivity contribution in [3.05, 3.63) is 41.2 Å². The van der Waals surface area contributed by atoms with E-state index in [1.807, 2.05) is 24.3 Å². The Balaban J connectivity index is 2.15. The molecule has 0 aliphatic carbocycles. The van der Waals surface area contributed by atoms with Gasteiger partial charge in [0.2, 0.25) is 15.9 Å². The van der Waals surface area contributed by atoms with Crippen molar-refractivity contribution >= 4 is 21.6 Å². The third kappa shape index (κ3) is 4.56. The van der Waals surface area contributed by atoms with Crippen LogP contribution in [0, 0.1) is 13.8 Å². The Bertz CT molecular complexity index is 915. The summed E-state index contributed by atoms with van der Waals surface area (Å²) in [5.41, 5.74) is 2.76. The van der Waals surface area contributed by atoms with Crippen LogP contribution < -0.4 is 5.32 Å². The van der Waals surface area contributed by atoms with Crippen LogP contribution in [0.5, 0.6) is 0 Å². The third-order valence-electron chi connectivity index (χ3n) is 4.72. The average molecular weight is 393 g/mol. The van der Waals surface area contributed by atoms with Crippen molar-refractivity contribution in [2.75, 3.05) is 19.4 Å². The third-order valence-corrected chi connectivity index (χ3v) is 6.79. The molecule has 2 rings (SSSR count). The van der Waals surface area contributed by atoms with Gasteiger partial charge in [-0.25, -0.2) is 12.7 Å². The molecule has 2 aromatic rings. The Morgan fingerprint density at radius 1 is 1.22 bits per heavy atom. The summed E-state index contributed by atoms with van der Waals surface area (Å²) in [5.74, 6) is 0.215. The number of rotatable bonds is 7. The molecule has 0 unspecified atom stereocenters. The van der Waals surface area contributed by atoms with Gasteiger partial charge in [0.1, 0.15) is 11.4 Å². The van der Waals surface area contributed by atoms with Crippen LogP contribution in [0.1, 0.15) is 43.1 Å². The van der Waals surface area contributed by atoms with Gasteiger partial charge in [-0.05, 0) is 43.9 Å². The molecule has 1 heterocycles. The summed E-state index contributed by atoms with van der Waals surface area (Å²) >= 11 is 0. The summed E-state index contributed by atoms with van der Waals surface area (Å²) in [7, 11) is -0.662. The minimum atomic E-state index is -3.61. The lowest BCUT2D eigenvalue weighted by atomic mass is 9.99. The molecule has 0 saturated carbocycles. The van der Waals surface area contributed by atoms with Crippen LogP contribution in [-0.4, -0.2) is 42.5 Å². The zero-order valence-electron chi connectivity index (χ0n) is 16.8. The number of benzene rings is 1. The van der Waals surface area contributed by atoms with E-state index in [9.17, 15) is 13.2 Å². The second-order valence-corrected chi connectivity index (χ2v) is 9.01. The lowest BCUT2D eigenvalue weighted by Crippen LogP contribution is -2.24. The summed E-state index contributed by atoms with van der Waals surface area (Å²) in [4.78, 5) is 12.5. The molecule has 148 valence electrons. The Kier molecular flexibility index (Phi) is 6.43. The van der Waals surface area contributed by atoms with Crippen molar-refractivity contribution < 1.29 is 13.2 Å². The van der Waals surface area contributed by atoms with Crippen LogP contribution in [-0.2, 0) is 21.4 Å². The number of hydrogen-bond acceptors (Lipinski definition) is 4. The number of nitrogens with zero attached hydrogens (tertiary/aromatic N) is 3. The minimum Gasteiger partial charge on any atom is -0.324 e. The van der Waals surface area contributed by atoms with Crippen molar-refractivity contribution in [3.8, 4) is 0 Å². The van der Waals surface area contributed by atoms with Gasteiger partial charge in [0, 0.05) is 19.8 Å². The second kappa shape index (κ2) is 8.22. The van der Waals surface area contributed by atoms with Gasteiger partial charge in [0.15, 0.2) is 0 Å². The molecular formula is C19H28N4O3S. The van der Waals surface area contributed by atoms with E-state index in [0.717, 1.165) is 10.7 Å². The molecule has 1 aromatic carbocycles. The number of anilines is 1. The second-order valence-electron chi connectivity index (χ2n) is 6.92. The number of carbonyl (C=O) groups excluding carboxylic acids is 1. The molecule has 7 nitrogen and oxygen atoms in total. The number of sulfonamides is 1. The molecule has 0 radical (unpaired) electrons. The van der Waals surface area contributed by atoms with Crippen LogP contribution in [0.25, 0.3) is 0 Å². The predicted molar refractivity (Wildman–Crippen MR) is 106 cm³/mol. The molecule has 0 bridgehead atoms. The van der Waals surface area contributed by atoms with Crippen LogP contribution in [0.3, 0.4) is 0 Å². The van der Waals surface area contributed by atoms with Crippen molar-refractivity contribution in [1.29, 1.82) is 0 Å². The molecule has 8 heteroatoms. The summed E-state index contributed by atoms with van der Waals surface area (Å²) in [6.45, 7) is 7.54. The lowest BCUT2D eigenvalue weighted by Gasteiger charge is -2.12. The van der Waals surface area contributed by atoms with Gasteiger partial charge < -0.3 is 5.32 Å². The van der Waals surface area contributed by atoms with Gasteiger partial charge in [-0.2, -0.15) is 5.10 Å². The first-order chi connectivity index (χ1) is 12.6. The van der Waals surface area contributed by atoms with Crippen molar-refractivity contribution in [3.63, 3.8) is 0 Å². The van der Waals surface area contributed by atoms with E-state index < -0.39 is 10.0 Å². The van der Waals surface area contributed by atoms with Crippen molar-refractivity contribution in [1.82, 2.24) is 14.1 Å². The summed E-state index contributed by atoms with van der Waals surface area (Å²) < 4.78 is 27.5. The van der Waals surface area contributed by atoms with E-state index >= 15 is 0 Å². The molecule has 1 atom stereocenters. The number of aryl methyl sites for hydroxylation is 1. The van der Waals surface area contributed by atoms with Crippen LogP contribution in [0.15, 0.2) is 29.2 Å². The first-order valence-corrected chi connectivity index (χ1v) is 10.4. The van der Waals surface area contributed by atoms with Gasteiger partial charge in [0.25, 0.3) is 0 Å². The van der Waals surface area contributed by atoms with Crippen LogP contribution >= 0.6 is 0 Å². The molecule has 1 amide bonds. The fraction of sp³-hybridized carbons (Fsp3) is 0.474. The molecule has 1 aromatic heterocycles. The van der Waals surface area contributed by atoms with E-state index in [4.69, 9.17) is 0 Å². The maximum Gasteiger partial charge on any atom is 0.246 e. The Labute approximate surface area is 161 Å². The lowest BCUT2D eigenvalue weighted by molar-refractivity contribution is -0.116. The molecular weight excluding hydrogens is 364 g/mol. The van der Waals surface area contributed by atoms with Gasteiger partial charge >= 0.3 is 0 Å². The number of aromatic nitrogens is 2. The molecule has 0 aliphatic rings. The van der Waals surface area contributed by atoms with Crippen LogP contribution in [0.4, 0.5) is 5.69 Å². The standard InChI is InChI=1S/C19H28N4O3S/c1-7-13(2)16-8-10-17(11-9-16)20-18(24)12-23-15(4)19(14(3)21-23)27(25,26)22(5)6/h8-11,13H,7,12H2,1-6H3,(H,20,24)/t13-/m0/s1. The fourth-order valence-electron chi connectivity index (χ4n) is 2.86. The highest BCUT2D eigenvalue weighted by atomic mass is 32.2. The highest BCUT2D eigenvalue weighted by molar-refractivity contribution is 7.89. The Morgan fingerprint density at radius 2 is 1.81 bits per heavy atom. The summed E-state index contributed by atoms with van der Waals surface area (Å²) in [5, 5.41) is 7.07. The highest BCUT2D eigenvalue weighted by Crippen LogP contribution is 2.23. The fourth-order valence-corrected chi connectivity index (χ4v) is 4.12. The van der Waals surface area contributed by atoms with Gasteiger partial charge in [0.05, 0.1) is 11.4 Å². The number of carbonyl (C=O) groups is 1. The normalized spacial score (nSPS) is 13.0. The molecule has 0 spiro atoms. The highest BCUT2D eigenvalue weighted by Gasteiger charge is 2.27. The van der Waals surface area contributed by atoms with E-state index in [1.165, 1.54) is 24.3 Å². The van der Waals surface area contributed by atoms with Gasteiger partial charge in [-0.15, -0.1) is 0 Å². The zero-order chi connectivity index (χ0) is 20.4. The average Bonchev–Trinajstić information content (AvgIpc) is 2.88. The Hall–Kier alpha value is -2.19. The quantitative estimate of drug-likeness (QED) is 0.785. The Morgan fingerprint density at radius 3 is 2.33 bits per heavy atom. The molecule has 1 N–H and O–H groups in total. The number of amides is 1. The number of hydrogen-bond donors (Lipinski definition) is 1. The molecule has 0 aliphatic heterocycles. The largest absolute Gasteiger partial charge is 0.324 e. The van der Waals surface area contributed by atoms with Crippen molar-refractivity contribution in [2.45, 2.75) is 51.5 Å². The predicted octanol–water partition coefficient (Wildman–Crippen LogP) is 2.90. The first-order valence-electron chi connectivity index (χ1n) is 8.94. The monoisotopic (exact) mass is 392 g/mol. The van der Waals surface area contributed by atoms with E-state index in [1.54, 1.807) is 13.8 Å². The maximum absolute atomic E-state index is 12.4. The van der Waals surface area contributed by atoms with Gasteiger partial charge in [-0.3, -0.25) is 9.48 Å². The summed E-state index contributed by atoms with van der Waals surface area (Å²) in [6.07, 6.45) is 1.06. The maximum atomic E-state index is 12.4. The van der Waals surface area contributed by atoms with Crippen molar-refractivity contribution in [2.24, 2.45) is 0 Å². The molecule has 0 saturated heterocycles. The van der Waals surface area contributed by atoms with E-state index in [0.29, 0.717) is 23.0 Å². The van der Waals surface area contributed by atoms with Gasteiger partial charge in [-0.1, -0.05) is 26.0 Å². The topological polar surface area (TPSA) is 84.3 Å². The zero-order valence-corrected chi connectivity index (χ0v) is 17.6. The van der Waals surface area contributed by atoms with E-state index in [2.05, 4.69) is 24.3 Å². The van der Waals surface area contributed by atoms with E-state index in [-0.39, 0.29) is 17.3 Å². The first kappa shape index (κ1) is 21.1. The number of nitrogens with one attached hydrogen (secondary N) is 1. The minimum absolute atomic E-state index is 0.0528.